The lowest BCUT2D eigenvalue weighted by Gasteiger charge is -2.26. The number of benzene rings is 3. The van der Waals surface area contributed by atoms with E-state index in [9.17, 15) is 24.3 Å². The van der Waals surface area contributed by atoms with E-state index in [4.69, 9.17) is 0 Å². The van der Waals surface area contributed by atoms with Crippen molar-refractivity contribution in [2.24, 2.45) is 11.8 Å². The number of carbonyl (C=O) groups is 4. The van der Waals surface area contributed by atoms with Crippen LogP contribution in [0.25, 0.3) is 10.9 Å². The maximum Gasteiger partial charge on any atom is 0.243 e. The Morgan fingerprint density at radius 2 is 1.31 bits per heavy atom. The van der Waals surface area contributed by atoms with Crippen LogP contribution in [-0.2, 0) is 38.4 Å². The topological polar surface area (TPSA) is 152 Å². The van der Waals surface area contributed by atoms with Gasteiger partial charge in [-0.05, 0) is 59.6 Å². The molecule has 0 saturated carbocycles. The first-order valence-corrected chi connectivity index (χ1v) is 17.0. The van der Waals surface area contributed by atoms with Gasteiger partial charge in [0, 0.05) is 36.5 Å². The number of rotatable bonds is 17. The number of phenolic OH excluding ortho intramolecular Hbond substituents is 1. The van der Waals surface area contributed by atoms with Crippen LogP contribution in [0.3, 0.4) is 0 Å². The number of H-pyrrole nitrogens is 1. The molecule has 0 bridgehead atoms. The van der Waals surface area contributed by atoms with Gasteiger partial charge >= 0.3 is 0 Å². The molecule has 0 radical (unpaired) electrons. The molecule has 0 aliphatic carbocycles. The summed E-state index contributed by atoms with van der Waals surface area (Å²) >= 11 is 0. The summed E-state index contributed by atoms with van der Waals surface area (Å²) in [4.78, 5) is 57.8. The van der Waals surface area contributed by atoms with Gasteiger partial charge in [0.25, 0.3) is 0 Å². The average molecular weight is 668 g/mol. The summed E-state index contributed by atoms with van der Waals surface area (Å²) in [5, 5.41) is 22.2. The van der Waals surface area contributed by atoms with Crippen LogP contribution in [0.4, 0.5) is 0 Å². The molecular weight excluding hydrogens is 618 g/mol. The van der Waals surface area contributed by atoms with Crippen molar-refractivity contribution in [3.63, 3.8) is 0 Å². The van der Waals surface area contributed by atoms with Crippen molar-refractivity contribution in [2.45, 2.75) is 77.9 Å². The van der Waals surface area contributed by atoms with E-state index >= 15 is 0 Å². The van der Waals surface area contributed by atoms with Crippen LogP contribution in [0.5, 0.6) is 5.75 Å². The monoisotopic (exact) mass is 667 g/mol. The molecule has 0 aliphatic rings. The fourth-order valence-corrected chi connectivity index (χ4v) is 5.69. The van der Waals surface area contributed by atoms with Crippen molar-refractivity contribution >= 4 is 34.5 Å². The van der Waals surface area contributed by atoms with E-state index in [1.54, 1.807) is 12.1 Å². The van der Waals surface area contributed by atoms with Crippen molar-refractivity contribution in [2.75, 3.05) is 6.54 Å². The minimum absolute atomic E-state index is 0.000899. The van der Waals surface area contributed by atoms with Gasteiger partial charge in [0.05, 0.1) is 6.42 Å². The second-order valence-corrected chi connectivity index (χ2v) is 13.4. The molecule has 4 rings (SSSR count). The van der Waals surface area contributed by atoms with E-state index < -0.39 is 29.9 Å². The zero-order valence-corrected chi connectivity index (χ0v) is 28.8. The van der Waals surface area contributed by atoms with E-state index in [0.29, 0.717) is 24.4 Å². The fourth-order valence-electron chi connectivity index (χ4n) is 5.69. The number of para-hydroxylation sites is 1. The molecule has 10 heteroatoms. The molecule has 49 heavy (non-hydrogen) atoms. The molecule has 3 atom stereocenters. The number of hydrogen-bond acceptors (Lipinski definition) is 5. The predicted octanol–water partition coefficient (Wildman–Crippen LogP) is 4.56. The Labute approximate surface area is 288 Å². The normalized spacial score (nSPS) is 13.1. The summed E-state index contributed by atoms with van der Waals surface area (Å²) in [7, 11) is 0. The smallest absolute Gasteiger partial charge is 0.243 e. The number of fused-ring (bicyclic) bond motifs is 1. The van der Waals surface area contributed by atoms with E-state index in [-0.39, 0.29) is 42.7 Å². The summed E-state index contributed by atoms with van der Waals surface area (Å²) < 4.78 is 0. The second-order valence-electron chi connectivity index (χ2n) is 13.4. The van der Waals surface area contributed by atoms with Crippen LogP contribution < -0.4 is 21.3 Å². The number of aromatic hydroxyl groups is 1. The van der Waals surface area contributed by atoms with Crippen molar-refractivity contribution in [3.05, 3.63) is 102 Å². The lowest BCUT2D eigenvalue weighted by atomic mass is 9.99. The van der Waals surface area contributed by atoms with Crippen LogP contribution >= 0.6 is 0 Å². The predicted molar refractivity (Wildman–Crippen MR) is 192 cm³/mol. The number of hydrogen-bond donors (Lipinski definition) is 6. The van der Waals surface area contributed by atoms with E-state index in [1.807, 2.05) is 74.6 Å². The molecule has 0 aliphatic heterocycles. The lowest BCUT2D eigenvalue weighted by molar-refractivity contribution is -0.133. The number of phenols is 1. The summed E-state index contributed by atoms with van der Waals surface area (Å²) in [6.45, 7) is 8.64. The van der Waals surface area contributed by atoms with Crippen LogP contribution in [0.1, 0.15) is 57.2 Å². The molecule has 260 valence electrons. The SMILES string of the molecule is CC(C)CCNC(=O)[C@H](CC(C)C)NC(=O)[C@@H](Cc1c[nH]c2ccccc12)NC(=O)[C@H](Cc1ccccc1)NC(=O)Cc1ccc(O)cc1. The Morgan fingerprint density at radius 3 is 1.98 bits per heavy atom. The zero-order valence-electron chi connectivity index (χ0n) is 28.8. The van der Waals surface area contributed by atoms with Crippen LogP contribution in [0.2, 0.25) is 0 Å². The Bertz CT molecular complexity index is 1680. The Hall–Kier alpha value is -5.12. The maximum atomic E-state index is 14.1. The molecule has 4 aromatic rings. The number of carbonyl (C=O) groups excluding carboxylic acids is 4. The van der Waals surface area contributed by atoms with Crippen LogP contribution in [0, 0.1) is 11.8 Å². The summed E-state index contributed by atoms with van der Waals surface area (Å²) in [6.07, 6.45) is 3.42. The number of aromatic nitrogens is 1. The van der Waals surface area contributed by atoms with Crippen molar-refractivity contribution in [1.82, 2.24) is 26.3 Å². The zero-order chi connectivity index (χ0) is 35.3. The molecule has 1 heterocycles. The van der Waals surface area contributed by atoms with Gasteiger partial charge in [0.1, 0.15) is 23.9 Å². The van der Waals surface area contributed by atoms with E-state index in [2.05, 4.69) is 40.1 Å². The highest BCUT2D eigenvalue weighted by Crippen LogP contribution is 2.20. The summed E-state index contributed by atoms with van der Waals surface area (Å²) in [6, 6.07) is 20.5. The summed E-state index contributed by atoms with van der Waals surface area (Å²) in [5.41, 5.74) is 3.23. The van der Waals surface area contributed by atoms with Gasteiger partial charge in [-0.1, -0.05) is 88.4 Å². The molecule has 6 N–H and O–H groups in total. The molecule has 4 amide bonds. The van der Waals surface area contributed by atoms with Gasteiger partial charge in [-0.25, -0.2) is 0 Å². The first-order valence-electron chi connectivity index (χ1n) is 17.0. The van der Waals surface area contributed by atoms with Crippen molar-refractivity contribution in [1.29, 1.82) is 0 Å². The number of aromatic amines is 1. The van der Waals surface area contributed by atoms with Gasteiger partial charge in [-0.3, -0.25) is 19.2 Å². The van der Waals surface area contributed by atoms with E-state index in [1.165, 1.54) is 12.1 Å². The van der Waals surface area contributed by atoms with Gasteiger partial charge in [-0.15, -0.1) is 0 Å². The van der Waals surface area contributed by atoms with Gasteiger partial charge in [-0.2, -0.15) is 0 Å². The van der Waals surface area contributed by atoms with Crippen LogP contribution in [0.15, 0.2) is 85.1 Å². The first-order chi connectivity index (χ1) is 23.5. The molecule has 1 aromatic heterocycles. The van der Waals surface area contributed by atoms with Crippen molar-refractivity contribution < 1.29 is 24.3 Å². The highest BCUT2D eigenvalue weighted by molar-refractivity contribution is 5.95. The number of nitrogens with one attached hydrogen (secondary N) is 5. The molecule has 0 spiro atoms. The van der Waals surface area contributed by atoms with Crippen molar-refractivity contribution in [3.8, 4) is 5.75 Å². The molecule has 0 saturated heterocycles. The Morgan fingerprint density at radius 1 is 0.673 bits per heavy atom. The Balaban J connectivity index is 1.58. The Kier molecular flexibility index (Phi) is 13.4. The quantitative estimate of drug-likeness (QED) is 0.0975. The molecular formula is C39H49N5O5. The first kappa shape index (κ1) is 36.7. The highest BCUT2D eigenvalue weighted by atomic mass is 16.3. The third kappa shape index (κ3) is 11.5. The van der Waals surface area contributed by atoms with Gasteiger partial charge in [0.2, 0.25) is 23.6 Å². The third-order valence-corrected chi connectivity index (χ3v) is 8.33. The molecule has 3 aromatic carbocycles. The molecule has 0 fully saturated rings. The summed E-state index contributed by atoms with van der Waals surface area (Å²) in [5.74, 6) is -1.02. The fraction of sp³-hybridized carbons (Fsp3) is 0.385. The van der Waals surface area contributed by atoms with Gasteiger partial charge < -0.3 is 31.4 Å². The standard InChI is InChI=1S/C39H49N5O5/c1-25(2)18-19-40-37(47)33(20-26(3)4)43-39(49)35(23-29-24-41-32-13-9-8-12-31(29)32)44-38(48)34(21-27-10-6-5-7-11-27)42-36(46)22-28-14-16-30(45)17-15-28/h5-17,24-26,33-35,41,45H,18-23H2,1-4H3,(H,40,47)(H,42,46)(H,43,49)(H,44,48)/t33-,34-,35+/m0/s1. The van der Waals surface area contributed by atoms with Gasteiger partial charge in [0.15, 0.2) is 0 Å². The maximum absolute atomic E-state index is 14.1. The molecule has 10 nitrogen and oxygen atoms in total. The van der Waals surface area contributed by atoms with E-state index in [0.717, 1.165) is 28.5 Å². The minimum atomic E-state index is -1.04. The average Bonchev–Trinajstić information content (AvgIpc) is 3.47. The largest absolute Gasteiger partial charge is 0.508 e. The lowest BCUT2D eigenvalue weighted by Crippen LogP contribution is -2.58. The minimum Gasteiger partial charge on any atom is -0.508 e. The second kappa shape index (κ2) is 17.9. The van der Waals surface area contributed by atoms with Crippen LogP contribution in [-0.4, -0.2) is 58.4 Å². The molecule has 0 unspecified atom stereocenters. The number of amides is 4. The highest BCUT2D eigenvalue weighted by Gasteiger charge is 2.31. The third-order valence-electron chi connectivity index (χ3n) is 8.33.